The summed E-state index contributed by atoms with van der Waals surface area (Å²) in [6, 6.07) is 6.29. The second kappa shape index (κ2) is 18.6. The van der Waals surface area contributed by atoms with Crippen molar-refractivity contribution in [2.45, 2.75) is 154 Å². The molecule has 1 heterocycles. The second-order valence-electron chi connectivity index (χ2n) is 15.4. The molecule has 2 fully saturated rings. The molecule has 12 heteroatoms. The molecule has 6 N–H and O–H groups in total. The first-order valence-electron chi connectivity index (χ1n) is 18.2. The molecule has 0 radical (unpaired) electrons. The second-order valence-corrected chi connectivity index (χ2v) is 15.4. The Morgan fingerprint density at radius 2 is 1.49 bits per heavy atom. The summed E-state index contributed by atoms with van der Waals surface area (Å²) >= 11 is 0. The van der Waals surface area contributed by atoms with Gasteiger partial charge < -0.3 is 41.1 Å². The van der Waals surface area contributed by atoms with Crippen LogP contribution in [0.3, 0.4) is 0 Å². The van der Waals surface area contributed by atoms with Crippen molar-refractivity contribution in [2.75, 3.05) is 13.1 Å². The number of benzene rings is 1. The van der Waals surface area contributed by atoms with Crippen LogP contribution in [0.1, 0.15) is 111 Å². The highest BCUT2D eigenvalue weighted by atomic mass is 16.6. The number of rotatable bonds is 14. The topological polar surface area (TPSA) is 169 Å². The van der Waals surface area contributed by atoms with Gasteiger partial charge in [-0.3, -0.25) is 9.59 Å². The first kappa shape index (κ1) is 40.1. The lowest BCUT2D eigenvalue weighted by atomic mass is 9.81. The van der Waals surface area contributed by atoms with Gasteiger partial charge >= 0.3 is 12.1 Å². The van der Waals surface area contributed by atoms with Gasteiger partial charge in [0.2, 0.25) is 11.8 Å². The molecule has 1 saturated carbocycles. The van der Waals surface area contributed by atoms with E-state index in [2.05, 4.69) is 21.3 Å². The molecule has 5 amide bonds. The van der Waals surface area contributed by atoms with Crippen molar-refractivity contribution in [1.82, 2.24) is 26.2 Å². The Balaban J connectivity index is 1.68. The Hall–Kier alpha value is -3.38. The number of hydrogen-bond donors (Lipinski definition) is 6. The minimum atomic E-state index is -1.43. The Bertz CT molecular complexity index is 1200. The lowest BCUT2D eigenvalue weighted by Crippen LogP contribution is -2.60. The largest absolute Gasteiger partial charge is 0.444 e. The van der Waals surface area contributed by atoms with Crippen molar-refractivity contribution >= 4 is 23.9 Å². The Kier molecular flexibility index (Phi) is 15.2. The van der Waals surface area contributed by atoms with Gasteiger partial charge in [-0.25, -0.2) is 9.59 Å². The maximum absolute atomic E-state index is 13.9. The molecular formula is C37H61N5O7. The number of alkyl carbamates (subject to hydrolysis) is 1. The highest BCUT2D eigenvalue weighted by Gasteiger charge is 2.37. The van der Waals surface area contributed by atoms with Crippen LogP contribution in [0.15, 0.2) is 30.3 Å². The molecule has 2 aliphatic rings. The average molecular weight is 688 g/mol. The van der Waals surface area contributed by atoms with E-state index in [1.165, 1.54) is 20.3 Å². The number of likely N-dealkylation sites (tertiary alicyclic amines) is 1. The van der Waals surface area contributed by atoms with Crippen LogP contribution >= 0.6 is 0 Å². The minimum Gasteiger partial charge on any atom is -0.444 e. The molecule has 49 heavy (non-hydrogen) atoms. The number of amides is 5. The van der Waals surface area contributed by atoms with E-state index in [1.807, 2.05) is 37.3 Å². The molecule has 1 aromatic carbocycles. The fourth-order valence-electron chi connectivity index (χ4n) is 6.65. The maximum atomic E-state index is 13.9. The highest BCUT2D eigenvalue weighted by Crippen LogP contribution is 2.29. The number of carbonyl (C=O) groups is 4. The summed E-state index contributed by atoms with van der Waals surface area (Å²) in [4.78, 5) is 54.9. The van der Waals surface area contributed by atoms with Crippen LogP contribution in [0.4, 0.5) is 9.59 Å². The Labute approximate surface area is 292 Å². The van der Waals surface area contributed by atoms with Gasteiger partial charge in [0.05, 0.1) is 11.6 Å². The van der Waals surface area contributed by atoms with E-state index in [0.29, 0.717) is 51.1 Å². The lowest BCUT2D eigenvalue weighted by Gasteiger charge is -2.36. The van der Waals surface area contributed by atoms with Crippen LogP contribution in [-0.2, 0) is 20.7 Å². The fraction of sp³-hybridized carbons (Fsp3) is 0.730. The van der Waals surface area contributed by atoms with Gasteiger partial charge in [0, 0.05) is 25.6 Å². The zero-order valence-corrected chi connectivity index (χ0v) is 30.4. The third-order valence-corrected chi connectivity index (χ3v) is 9.35. The van der Waals surface area contributed by atoms with E-state index in [-0.39, 0.29) is 12.5 Å². The SMILES string of the molecule is CCC[C@H](NC(=O)[C@H](Cc1ccccc1)NC(=O)N1CCC(NC(=O)OC(C)(C)C)CC1)C(=O)N[C@@H](CC1CCCCC1)[C@H](O)C(C)(C)O. The van der Waals surface area contributed by atoms with E-state index in [1.54, 1.807) is 25.7 Å². The number of aliphatic hydroxyl groups is 2. The Morgan fingerprint density at radius 1 is 0.878 bits per heavy atom. The van der Waals surface area contributed by atoms with Crippen LogP contribution < -0.4 is 21.3 Å². The smallest absolute Gasteiger partial charge is 0.407 e. The van der Waals surface area contributed by atoms with Crippen LogP contribution in [0, 0.1) is 5.92 Å². The molecular weight excluding hydrogens is 626 g/mol. The lowest BCUT2D eigenvalue weighted by molar-refractivity contribution is -0.132. The summed E-state index contributed by atoms with van der Waals surface area (Å²) in [5.74, 6) is -0.582. The summed E-state index contributed by atoms with van der Waals surface area (Å²) in [6.07, 6.45) is 6.55. The van der Waals surface area contributed by atoms with E-state index in [0.717, 1.165) is 31.2 Å². The third-order valence-electron chi connectivity index (χ3n) is 9.35. The summed E-state index contributed by atoms with van der Waals surface area (Å²) in [5.41, 5.74) is -1.19. The molecule has 1 aliphatic carbocycles. The molecule has 276 valence electrons. The van der Waals surface area contributed by atoms with Gasteiger partial charge in [-0.1, -0.05) is 75.8 Å². The van der Waals surface area contributed by atoms with Crippen molar-refractivity contribution in [1.29, 1.82) is 0 Å². The van der Waals surface area contributed by atoms with Gasteiger partial charge in [0.25, 0.3) is 0 Å². The van der Waals surface area contributed by atoms with E-state index < -0.39 is 59.4 Å². The van der Waals surface area contributed by atoms with Gasteiger partial charge in [-0.2, -0.15) is 0 Å². The number of piperidine rings is 1. The molecule has 0 spiro atoms. The molecule has 0 unspecified atom stereocenters. The summed E-state index contributed by atoms with van der Waals surface area (Å²) in [5, 5.41) is 33.3. The van der Waals surface area contributed by atoms with Crippen molar-refractivity contribution in [3.05, 3.63) is 35.9 Å². The summed E-state index contributed by atoms with van der Waals surface area (Å²) in [6.45, 7) is 11.2. The van der Waals surface area contributed by atoms with Gasteiger partial charge in [-0.05, 0) is 71.8 Å². The molecule has 3 rings (SSSR count). The van der Waals surface area contributed by atoms with Crippen LogP contribution in [-0.4, -0.2) is 93.6 Å². The summed E-state index contributed by atoms with van der Waals surface area (Å²) in [7, 11) is 0. The molecule has 1 aromatic rings. The van der Waals surface area contributed by atoms with Crippen molar-refractivity contribution in [3.63, 3.8) is 0 Å². The number of nitrogens with zero attached hydrogens (tertiary/aromatic N) is 1. The summed E-state index contributed by atoms with van der Waals surface area (Å²) < 4.78 is 5.36. The van der Waals surface area contributed by atoms with E-state index in [9.17, 15) is 29.4 Å². The third kappa shape index (κ3) is 13.8. The number of nitrogens with one attached hydrogen (secondary N) is 4. The number of urea groups is 1. The quantitative estimate of drug-likeness (QED) is 0.171. The van der Waals surface area contributed by atoms with Gasteiger partial charge in [-0.15, -0.1) is 0 Å². The molecule has 1 aliphatic heterocycles. The predicted molar refractivity (Wildman–Crippen MR) is 189 cm³/mol. The van der Waals surface area contributed by atoms with Crippen molar-refractivity contribution in [3.8, 4) is 0 Å². The number of carbonyl (C=O) groups excluding carboxylic acids is 4. The first-order chi connectivity index (χ1) is 23.1. The van der Waals surface area contributed by atoms with Gasteiger partial charge in [0.15, 0.2) is 0 Å². The zero-order chi connectivity index (χ0) is 36.2. The van der Waals surface area contributed by atoms with Crippen LogP contribution in [0.2, 0.25) is 0 Å². The van der Waals surface area contributed by atoms with Crippen molar-refractivity contribution in [2.24, 2.45) is 5.92 Å². The van der Waals surface area contributed by atoms with Crippen LogP contribution in [0.5, 0.6) is 0 Å². The predicted octanol–water partition coefficient (Wildman–Crippen LogP) is 4.17. The number of hydrogen-bond acceptors (Lipinski definition) is 7. The highest BCUT2D eigenvalue weighted by molar-refractivity contribution is 5.92. The van der Waals surface area contributed by atoms with Crippen LogP contribution in [0.25, 0.3) is 0 Å². The molecule has 12 nitrogen and oxygen atoms in total. The molecule has 1 saturated heterocycles. The zero-order valence-electron chi connectivity index (χ0n) is 30.4. The molecule has 0 aromatic heterocycles. The van der Waals surface area contributed by atoms with E-state index in [4.69, 9.17) is 4.74 Å². The number of ether oxygens (including phenoxy) is 1. The first-order valence-corrected chi connectivity index (χ1v) is 18.2. The normalized spacial score (nSPS) is 18.8. The Morgan fingerprint density at radius 3 is 2.06 bits per heavy atom. The molecule has 4 atom stereocenters. The monoisotopic (exact) mass is 687 g/mol. The molecule has 0 bridgehead atoms. The van der Waals surface area contributed by atoms with E-state index >= 15 is 0 Å². The minimum absolute atomic E-state index is 0.132. The average Bonchev–Trinajstić information content (AvgIpc) is 3.03. The standard InChI is InChI=1S/C37H61N5O7/c1-7-14-28(32(44)40-29(31(43)37(5,6)48)23-25-15-10-8-11-16-25)39-33(45)30(24-26-17-12-9-13-18-26)41-34(46)42-21-19-27(20-22-42)38-35(47)49-36(2,3)4/h9,12-13,17-18,25,27-31,43,48H,7-8,10-11,14-16,19-24H2,1-6H3,(H,38,47)(H,39,45)(H,40,44)(H,41,46)/t28-,29-,30-,31-/m0/s1. The fourth-order valence-corrected chi connectivity index (χ4v) is 6.65. The van der Waals surface area contributed by atoms with Crippen molar-refractivity contribution < 1.29 is 34.1 Å². The maximum Gasteiger partial charge on any atom is 0.407 e. The number of aliphatic hydroxyl groups excluding tert-OH is 1. The van der Waals surface area contributed by atoms with Gasteiger partial charge in [0.1, 0.15) is 23.8 Å².